The zero-order valence-corrected chi connectivity index (χ0v) is 12.7. The molecule has 0 saturated carbocycles. The van der Waals surface area contributed by atoms with Crippen molar-refractivity contribution in [3.8, 4) is 0 Å². The van der Waals surface area contributed by atoms with Gasteiger partial charge in [0.1, 0.15) is 4.88 Å². The molecular formula is C14H21N3O2S. The highest BCUT2D eigenvalue weighted by atomic mass is 32.1. The second kappa shape index (κ2) is 6.26. The Labute approximate surface area is 123 Å². The van der Waals surface area contributed by atoms with E-state index in [0.717, 1.165) is 12.8 Å². The molecule has 6 heteroatoms. The van der Waals surface area contributed by atoms with E-state index in [1.807, 2.05) is 24.1 Å². The minimum Gasteiger partial charge on any atom is -0.397 e. The maximum atomic E-state index is 12.3. The third-order valence-corrected chi connectivity index (χ3v) is 4.46. The van der Waals surface area contributed by atoms with Crippen molar-refractivity contribution < 1.29 is 9.59 Å². The van der Waals surface area contributed by atoms with Gasteiger partial charge >= 0.3 is 0 Å². The SMILES string of the molecule is CC(C)C(=O)NC1CCN(C(=O)c2sccc2N)CC1. The van der Waals surface area contributed by atoms with Gasteiger partial charge in [-0.25, -0.2) is 0 Å². The van der Waals surface area contributed by atoms with Gasteiger partial charge in [0.25, 0.3) is 5.91 Å². The lowest BCUT2D eigenvalue weighted by molar-refractivity contribution is -0.124. The first-order valence-electron chi connectivity index (χ1n) is 6.91. The third-order valence-electron chi connectivity index (χ3n) is 3.54. The number of likely N-dealkylation sites (tertiary alicyclic amines) is 1. The predicted molar refractivity (Wildman–Crippen MR) is 80.6 cm³/mol. The molecule has 0 bridgehead atoms. The fourth-order valence-electron chi connectivity index (χ4n) is 2.23. The zero-order valence-electron chi connectivity index (χ0n) is 11.9. The number of hydrogen-bond donors (Lipinski definition) is 2. The normalized spacial score (nSPS) is 16.4. The lowest BCUT2D eigenvalue weighted by Gasteiger charge is -2.32. The molecule has 2 heterocycles. The molecule has 20 heavy (non-hydrogen) atoms. The molecule has 2 rings (SSSR count). The summed E-state index contributed by atoms with van der Waals surface area (Å²) in [6, 6.07) is 1.93. The van der Waals surface area contributed by atoms with E-state index in [9.17, 15) is 9.59 Å². The standard InChI is InChI=1S/C14H21N3O2S/c1-9(2)13(18)16-10-3-6-17(7-4-10)14(19)12-11(15)5-8-20-12/h5,8-10H,3-4,6-7,15H2,1-2H3,(H,16,18). The largest absolute Gasteiger partial charge is 0.397 e. The van der Waals surface area contributed by atoms with Gasteiger partial charge in [0, 0.05) is 25.0 Å². The van der Waals surface area contributed by atoms with Gasteiger partial charge in [-0.2, -0.15) is 0 Å². The van der Waals surface area contributed by atoms with E-state index in [1.165, 1.54) is 11.3 Å². The molecule has 0 spiro atoms. The van der Waals surface area contributed by atoms with E-state index < -0.39 is 0 Å². The molecule has 0 unspecified atom stereocenters. The number of nitrogens with two attached hydrogens (primary N) is 1. The van der Waals surface area contributed by atoms with Crippen LogP contribution in [0.4, 0.5) is 5.69 Å². The quantitative estimate of drug-likeness (QED) is 0.891. The molecule has 1 aromatic heterocycles. The first-order valence-corrected chi connectivity index (χ1v) is 7.79. The summed E-state index contributed by atoms with van der Waals surface area (Å²) in [6.45, 7) is 5.10. The number of thiophene rings is 1. The van der Waals surface area contributed by atoms with Gasteiger partial charge in [-0.15, -0.1) is 11.3 Å². The summed E-state index contributed by atoms with van der Waals surface area (Å²) >= 11 is 1.38. The summed E-state index contributed by atoms with van der Waals surface area (Å²) in [5, 5.41) is 4.86. The molecule has 0 aromatic carbocycles. The molecule has 1 saturated heterocycles. The van der Waals surface area contributed by atoms with E-state index in [1.54, 1.807) is 6.07 Å². The number of nitrogens with zero attached hydrogens (tertiary/aromatic N) is 1. The molecule has 1 fully saturated rings. The number of nitrogens with one attached hydrogen (secondary N) is 1. The summed E-state index contributed by atoms with van der Waals surface area (Å²) in [5.41, 5.74) is 6.33. The van der Waals surface area contributed by atoms with Crippen LogP contribution in [-0.2, 0) is 4.79 Å². The Morgan fingerprint density at radius 2 is 2.05 bits per heavy atom. The minimum atomic E-state index is 0.000536. The summed E-state index contributed by atoms with van der Waals surface area (Å²) in [7, 11) is 0. The monoisotopic (exact) mass is 295 g/mol. The van der Waals surface area contributed by atoms with Crippen molar-refractivity contribution in [2.75, 3.05) is 18.8 Å². The van der Waals surface area contributed by atoms with Crippen LogP contribution < -0.4 is 11.1 Å². The average Bonchev–Trinajstić information content (AvgIpc) is 2.85. The summed E-state index contributed by atoms with van der Waals surface area (Å²) in [5.74, 6) is 0.0870. The average molecular weight is 295 g/mol. The van der Waals surface area contributed by atoms with E-state index in [-0.39, 0.29) is 23.8 Å². The van der Waals surface area contributed by atoms with E-state index in [4.69, 9.17) is 5.73 Å². The molecule has 0 radical (unpaired) electrons. The number of carbonyl (C=O) groups is 2. The van der Waals surface area contributed by atoms with Crippen molar-refractivity contribution >= 4 is 28.8 Å². The number of rotatable bonds is 3. The molecule has 0 aliphatic carbocycles. The topological polar surface area (TPSA) is 75.4 Å². The third kappa shape index (κ3) is 3.30. The number of piperidine rings is 1. The molecular weight excluding hydrogens is 274 g/mol. The molecule has 1 aromatic rings. The molecule has 1 aliphatic heterocycles. The zero-order chi connectivity index (χ0) is 14.7. The molecule has 0 atom stereocenters. The van der Waals surface area contributed by atoms with Crippen molar-refractivity contribution in [1.29, 1.82) is 0 Å². The Morgan fingerprint density at radius 1 is 1.40 bits per heavy atom. The second-order valence-corrected chi connectivity index (χ2v) is 6.35. The number of nitrogen functional groups attached to an aromatic ring is 1. The van der Waals surface area contributed by atoms with Gasteiger partial charge in [0.05, 0.1) is 5.69 Å². The highest BCUT2D eigenvalue weighted by molar-refractivity contribution is 7.12. The first kappa shape index (κ1) is 14.8. The van der Waals surface area contributed by atoms with E-state index in [2.05, 4.69) is 5.32 Å². The fourth-order valence-corrected chi connectivity index (χ4v) is 3.02. The van der Waals surface area contributed by atoms with E-state index >= 15 is 0 Å². The predicted octanol–water partition coefficient (Wildman–Crippen LogP) is 1.71. The van der Waals surface area contributed by atoms with Crippen LogP contribution in [0, 0.1) is 5.92 Å². The lowest BCUT2D eigenvalue weighted by atomic mass is 10.0. The summed E-state index contributed by atoms with van der Waals surface area (Å²) < 4.78 is 0. The van der Waals surface area contributed by atoms with Crippen LogP contribution in [0.1, 0.15) is 36.4 Å². The van der Waals surface area contributed by atoms with Gasteiger partial charge in [0.15, 0.2) is 0 Å². The van der Waals surface area contributed by atoms with Crippen molar-refractivity contribution in [2.24, 2.45) is 5.92 Å². The van der Waals surface area contributed by atoms with Gasteiger partial charge in [0.2, 0.25) is 5.91 Å². The summed E-state index contributed by atoms with van der Waals surface area (Å²) in [4.78, 5) is 26.4. The number of hydrogen-bond acceptors (Lipinski definition) is 4. The van der Waals surface area contributed by atoms with Gasteiger partial charge in [-0.1, -0.05) is 13.8 Å². The minimum absolute atomic E-state index is 0.000536. The Balaban J connectivity index is 1.87. The Morgan fingerprint density at radius 3 is 2.55 bits per heavy atom. The number of carbonyl (C=O) groups excluding carboxylic acids is 2. The van der Waals surface area contributed by atoms with Crippen LogP contribution in [0.3, 0.4) is 0 Å². The van der Waals surface area contributed by atoms with E-state index in [0.29, 0.717) is 23.7 Å². The molecule has 110 valence electrons. The Bertz CT molecular complexity index is 490. The molecule has 3 N–H and O–H groups in total. The molecule has 1 aliphatic rings. The number of amides is 2. The molecule has 5 nitrogen and oxygen atoms in total. The van der Waals surface area contributed by atoms with Gasteiger partial charge < -0.3 is 16.0 Å². The fraction of sp³-hybridized carbons (Fsp3) is 0.571. The van der Waals surface area contributed by atoms with Crippen molar-refractivity contribution in [2.45, 2.75) is 32.7 Å². The van der Waals surface area contributed by atoms with Crippen molar-refractivity contribution in [1.82, 2.24) is 10.2 Å². The highest BCUT2D eigenvalue weighted by Gasteiger charge is 2.26. The maximum Gasteiger partial charge on any atom is 0.266 e. The molecule has 2 amide bonds. The number of anilines is 1. The maximum absolute atomic E-state index is 12.3. The van der Waals surface area contributed by atoms with Crippen LogP contribution in [0.5, 0.6) is 0 Å². The highest BCUT2D eigenvalue weighted by Crippen LogP contribution is 2.23. The van der Waals surface area contributed by atoms with Gasteiger partial charge in [-0.05, 0) is 24.3 Å². The van der Waals surface area contributed by atoms with Crippen LogP contribution in [0.25, 0.3) is 0 Å². The van der Waals surface area contributed by atoms with Crippen LogP contribution in [0.2, 0.25) is 0 Å². The van der Waals surface area contributed by atoms with Crippen molar-refractivity contribution in [3.63, 3.8) is 0 Å². The lowest BCUT2D eigenvalue weighted by Crippen LogP contribution is -2.47. The van der Waals surface area contributed by atoms with Gasteiger partial charge in [-0.3, -0.25) is 9.59 Å². The first-order chi connectivity index (χ1) is 9.49. The summed E-state index contributed by atoms with van der Waals surface area (Å²) in [6.07, 6.45) is 1.60. The smallest absolute Gasteiger partial charge is 0.266 e. The Kier molecular flexibility index (Phi) is 4.65. The van der Waals surface area contributed by atoms with Crippen LogP contribution >= 0.6 is 11.3 Å². The Hall–Kier alpha value is -1.56. The second-order valence-electron chi connectivity index (χ2n) is 5.43. The van der Waals surface area contributed by atoms with Crippen molar-refractivity contribution in [3.05, 3.63) is 16.3 Å². The van der Waals surface area contributed by atoms with Crippen LogP contribution in [-0.4, -0.2) is 35.8 Å². The van der Waals surface area contributed by atoms with Crippen LogP contribution in [0.15, 0.2) is 11.4 Å².